The number of aryl methyl sites for hydroxylation is 10. The Morgan fingerprint density at radius 1 is 0.255 bits per heavy atom. The highest BCUT2D eigenvalue weighted by atomic mass is 16.5. The average molecular weight is 1280 g/mol. The highest BCUT2D eigenvalue weighted by Gasteiger charge is 2.10. The molecule has 0 amide bonds. The van der Waals surface area contributed by atoms with Crippen LogP contribution >= 0.6 is 0 Å². The first-order chi connectivity index (χ1) is 44.1. The molecule has 94 heavy (non-hydrogen) atoms. The normalized spacial score (nSPS) is 10.5. The number of ether oxygens (including phenoxy) is 5. The van der Waals surface area contributed by atoms with Gasteiger partial charge in [0.1, 0.15) is 28.7 Å². The van der Waals surface area contributed by atoms with Gasteiger partial charge in [0.2, 0.25) is 0 Å². The molecule has 0 aliphatic carbocycles. The summed E-state index contributed by atoms with van der Waals surface area (Å²) in [5.74, 6) is 9.70. The summed E-state index contributed by atoms with van der Waals surface area (Å²) in [5, 5.41) is 0. The Hall–Kier alpha value is -7.24. The van der Waals surface area contributed by atoms with Crippen molar-refractivity contribution in [3.63, 3.8) is 0 Å². The van der Waals surface area contributed by atoms with Gasteiger partial charge in [0.15, 0.2) is 0 Å². The van der Waals surface area contributed by atoms with Crippen LogP contribution in [0.25, 0.3) is 0 Å². The molecule has 0 atom stereocenters. The van der Waals surface area contributed by atoms with Gasteiger partial charge in [0, 0.05) is 0 Å². The van der Waals surface area contributed by atoms with Gasteiger partial charge in [0.05, 0.1) is 35.0 Å². The first-order valence-corrected chi connectivity index (χ1v) is 34.6. The fraction of sp³-hybridized carbons (Fsp3) is 0.461. The van der Waals surface area contributed by atoms with E-state index in [9.17, 15) is 0 Å². The van der Waals surface area contributed by atoms with Crippen LogP contribution in [0, 0.1) is 76.2 Å². The van der Waals surface area contributed by atoms with Gasteiger partial charge in [-0.3, -0.25) is 0 Å². The lowest BCUT2D eigenvalue weighted by molar-refractivity contribution is 0.337. The Kier molecular flexibility index (Phi) is 39.4. The van der Waals surface area contributed by atoms with Crippen LogP contribution in [0.15, 0.2) is 146 Å². The molecule has 0 bridgehead atoms. The molecule has 0 N–H and O–H groups in total. The van der Waals surface area contributed by atoms with E-state index in [-0.39, 0.29) is 0 Å². The van der Waals surface area contributed by atoms with E-state index < -0.39 is 0 Å². The number of methoxy groups -OCH3 is 4. The van der Waals surface area contributed by atoms with E-state index in [0.29, 0.717) is 47.3 Å². The molecule has 0 aliphatic rings. The predicted molar refractivity (Wildman–Crippen MR) is 414 cm³/mol. The zero-order valence-corrected chi connectivity index (χ0v) is 65.2. The Morgan fingerprint density at radius 2 is 0.606 bits per heavy atom. The summed E-state index contributed by atoms with van der Waals surface area (Å²) in [5.41, 5.74) is 26.0. The largest absolute Gasteiger partial charge is 0.497 e. The van der Waals surface area contributed by atoms with Crippen LogP contribution in [-0.4, -0.2) is 35.0 Å². The summed E-state index contributed by atoms with van der Waals surface area (Å²) in [6.07, 6.45) is 0. The molecule has 0 fully saturated rings. The molecule has 0 spiro atoms. The lowest BCUT2D eigenvalue weighted by atomic mass is 9.95. The zero-order chi connectivity index (χ0) is 71.7. The molecular weight excluding hydrogens is 1150 g/mol. The smallest absolute Gasteiger partial charge is 0.122 e. The monoisotopic (exact) mass is 1280 g/mol. The van der Waals surface area contributed by atoms with Crippen LogP contribution in [0.2, 0.25) is 0 Å². The van der Waals surface area contributed by atoms with Crippen molar-refractivity contribution in [1.29, 1.82) is 0 Å². The Labute approximate surface area is 576 Å². The molecule has 516 valence electrons. The summed E-state index contributed by atoms with van der Waals surface area (Å²) >= 11 is 0. The zero-order valence-electron chi connectivity index (χ0n) is 65.2. The standard InChI is InChI=1S/C12H18O.4C11H16O.3C11H16/c1-5-13-12-7-6-11(9(2)3)8-10(12)4;2*1-8(2)11-6-5-10(12-4)7-9(11)3;1-8(2)10-5-6-11(12-4)9(3)7-10;1-8(2)10-7-9(3)5-6-11(10)12-4;2*1-8(2)11-7-9(3)5-6-10(11)4;1-8(2)11-7-5-6-9(3)10(11)4/h6-9H,5H2,1-4H3;4*5-8H,1-4H3;3*5-8H,1-4H3. The van der Waals surface area contributed by atoms with Gasteiger partial charge in [0.25, 0.3) is 0 Å². The summed E-state index contributed by atoms with van der Waals surface area (Å²) in [7, 11) is 6.82. The van der Waals surface area contributed by atoms with Crippen molar-refractivity contribution in [2.75, 3.05) is 35.0 Å². The van der Waals surface area contributed by atoms with Crippen molar-refractivity contribution < 1.29 is 23.7 Å². The van der Waals surface area contributed by atoms with Gasteiger partial charge in [-0.25, -0.2) is 0 Å². The van der Waals surface area contributed by atoms with Crippen LogP contribution in [0.1, 0.15) is 271 Å². The van der Waals surface area contributed by atoms with Gasteiger partial charge < -0.3 is 23.7 Å². The first kappa shape index (κ1) is 84.8. The van der Waals surface area contributed by atoms with Crippen LogP contribution in [0.4, 0.5) is 0 Å². The lowest BCUT2D eigenvalue weighted by Gasteiger charge is -2.11. The molecule has 0 aliphatic heterocycles. The minimum atomic E-state index is 0.528. The number of rotatable bonds is 14. The third kappa shape index (κ3) is 30.0. The van der Waals surface area contributed by atoms with E-state index in [4.69, 9.17) is 23.7 Å². The molecule has 0 radical (unpaired) electrons. The third-order valence-corrected chi connectivity index (χ3v) is 16.8. The van der Waals surface area contributed by atoms with Gasteiger partial charge in [-0.2, -0.15) is 0 Å². The van der Waals surface area contributed by atoms with Crippen molar-refractivity contribution >= 4 is 0 Å². The van der Waals surface area contributed by atoms with Crippen molar-refractivity contribution in [2.24, 2.45) is 0 Å². The molecular formula is C89H130O5. The Balaban J connectivity index is 0.000000537. The minimum absolute atomic E-state index is 0.528. The Bertz CT molecular complexity index is 3320. The van der Waals surface area contributed by atoms with Crippen LogP contribution < -0.4 is 23.7 Å². The van der Waals surface area contributed by atoms with Gasteiger partial charge in [-0.05, 0) is 262 Å². The van der Waals surface area contributed by atoms with Crippen LogP contribution in [0.3, 0.4) is 0 Å². The third-order valence-electron chi connectivity index (χ3n) is 16.8. The number of hydrogen-bond donors (Lipinski definition) is 0. The molecule has 8 aromatic rings. The lowest BCUT2D eigenvalue weighted by Crippen LogP contribution is -1.95. The van der Waals surface area contributed by atoms with Crippen molar-refractivity contribution in [2.45, 2.75) is 241 Å². The number of hydrogen-bond acceptors (Lipinski definition) is 5. The fourth-order valence-electron chi connectivity index (χ4n) is 10.9. The van der Waals surface area contributed by atoms with Crippen LogP contribution in [-0.2, 0) is 0 Å². The maximum Gasteiger partial charge on any atom is 0.122 e. The highest BCUT2D eigenvalue weighted by Crippen LogP contribution is 2.30. The molecule has 0 heterocycles. The van der Waals surface area contributed by atoms with Crippen LogP contribution in [0.5, 0.6) is 28.7 Å². The average Bonchev–Trinajstić information content (AvgIpc) is 1.50. The van der Waals surface area contributed by atoms with Gasteiger partial charge >= 0.3 is 0 Å². The summed E-state index contributed by atoms with van der Waals surface area (Å²) < 4.78 is 26.2. The van der Waals surface area contributed by atoms with E-state index in [1.807, 2.05) is 31.2 Å². The van der Waals surface area contributed by atoms with E-state index in [2.05, 4.69) is 308 Å². The Morgan fingerprint density at radius 3 is 0.904 bits per heavy atom. The highest BCUT2D eigenvalue weighted by molar-refractivity contribution is 5.42. The molecule has 0 unspecified atom stereocenters. The quantitative estimate of drug-likeness (QED) is 0.109. The van der Waals surface area contributed by atoms with Gasteiger partial charge in [-0.1, -0.05) is 231 Å². The summed E-state index contributed by atoms with van der Waals surface area (Å²) in [6, 6.07) is 51.3. The first-order valence-electron chi connectivity index (χ1n) is 34.6. The molecule has 0 saturated carbocycles. The van der Waals surface area contributed by atoms with Crippen molar-refractivity contribution in [1.82, 2.24) is 0 Å². The topological polar surface area (TPSA) is 46.2 Å². The summed E-state index contributed by atoms with van der Waals surface area (Å²) in [4.78, 5) is 0. The maximum atomic E-state index is 5.47. The molecule has 5 heteroatoms. The SMILES string of the molecule is CCOc1ccc(C(C)C)cc1C.COc1ccc(C(C)C)c(C)c1.COc1ccc(C(C)C)c(C)c1.COc1ccc(C(C)C)cc1C.COc1ccc(C)cc1C(C)C.Cc1ccc(C)c(C(C)C)c1.Cc1ccc(C)c(C(C)C)c1.Cc1cccc(C(C)C)c1C. The van der Waals surface area contributed by atoms with Crippen molar-refractivity contribution in [3.8, 4) is 28.7 Å². The molecule has 0 saturated heterocycles. The second kappa shape index (κ2) is 43.7. The van der Waals surface area contributed by atoms with Crippen molar-refractivity contribution in [3.05, 3.63) is 251 Å². The molecule has 0 aromatic heterocycles. The second-order valence-corrected chi connectivity index (χ2v) is 27.6. The van der Waals surface area contributed by atoms with E-state index in [1.54, 1.807) is 28.4 Å². The molecule has 5 nitrogen and oxygen atoms in total. The molecule has 8 rings (SSSR count). The molecule has 8 aromatic carbocycles. The summed E-state index contributed by atoms with van der Waals surface area (Å²) in [6.45, 7) is 61.7. The van der Waals surface area contributed by atoms with Gasteiger partial charge in [-0.15, -0.1) is 0 Å². The maximum absolute atomic E-state index is 5.47. The second-order valence-electron chi connectivity index (χ2n) is 27.6. The van der Waals surface area contributed by atoms with E-state index in [1.165, 1.54) is 106 Å². The minimum Gasteiger partial charge on any atom is -0.497 e. The predicted octanol–water partition coefficient (Wildman–Crippen LogP) is 26.3. The van der Waals surface area contributed by atoms with E-state index in [0.717, 1.165) is 35.4 Å². The fourth-order valence-corrected chi connectivity index (χ4v) is 10.9. The number of benzene rings is 8. The van der Waals surface area contributed by atoms with E-state index >= 15 is 0 Å².